The first-order valence-electron chi connectivity index (χ1n) is 21.2. The van der Waals surface area contributed by atoms with Crippen LogP contribution in [0.1, 0.15) is 226 Å². The number of carbonyl (C=O) groups is 2. The number of carbonyl (C=O) groups excluding carboxylic acids is 2. The molecule has 2 amide bonds. The molecule has 0 spiro atoms. The van der Waals surface area contributed by atoms with Crippen molar-refractivity contribution in [3.05, 3.63) is 0 Å². The second kappa shape index (κ2) is 38.0. The van der Waals surface area contributed by atoms with Crippen LogP contribution < -0.4 is 21.7 Å². The van der Waals surface area contributed by atoms with Gasteiger partial charge in [0.15, 0.2) is 5.96 Å². The fourth-order valence-electron chi connectivity index (χ4n) is 6.54. The Morgan fingerprint density at radius 1 is 0.479 bits per heavy atom. The largest absolute Gasteiger partial charge is 0.370 e. The minimum Gasteiger partial charge on any atom is -0.370 e. The summed E-state index contributed by atoms with van der Waals surface area (Å²) in [6.07, 6.45) is 40.8. The summed E-state index contributed by atoms with van der Waals surface area (Å²) in [4.78, 5) is 25.7. The molecule has 6 N–H and O–H groups in total. The number of hydrogen-bond donors (Lipinski definition) is 5. The van der Waals surface area contributed by atoms with E-state index >= 15 is 0 Å². The Kier molecular flexibility index (Phi) is 36.6. The predicted molar refractivity (Wildman–Crippen MR) is 209 cm³/mol. The Balaban J connectivity index is 3.94. The highest BCUT2D eigenvalue weighted by atomic mass is 16.2. The number of guanidine groups is 1. The highest BCUT2D eigenvalue weighted by molar-refractivity contribution is 5.87. The fraction of sp³-hybridized carbons (Fsp3) is 0.927. The molecule has 0 bridgehead atoms. The molecule has 0 aromatic carbocycles. The van der Waals surface area contributed by atoms with E-state index in [0.717, 1.165) is 38.5 Å². The van der Waals surface area contributed by atoms with Gasteiger partial charge in [0.25, 0.3) is 0 Å². The van der Waals surface area contributed by atoms with E-state index in [0.29, 0.717) is 25.9 Å². The number of nitrogens with one attached hydrogen (secondary N) is 4. The Bertz CT molecular complexity index is 717. The summed E-state index contributed by atoms with van der Waals surface area (Å²) in [6.45, 7) is 5.82. The van der Waals surface area contributed by atoms with E-state index < -0.39 is 6.04 Å². The third kappa shape index (κ3) is 35.5. The maximum atomic E-state index is 13.0. The highest BCUT2D eigenvalue weighted by Gasteiger charge is 2.20. The topological polar surface area (TPSA) is 120 Å². The van der Waals surface area contributed by atoms with Crippen LogP contribution in [0.4, 0.5) is 0 Å². The molecule has 0 radical (unpaired) electrons. The zero-order valence-electron chi connectivity index (χ0n) is 32.2. The molecule has 0 heterocycles. The fourth-order valence-corrected chi connectivity index (χ4v) is 6.54. The number of hydrogen-bond acceptors (Lipinski definition) is 3. The minimum atomic E-state index is -0.488. The van der Waals surface area contributed by atoms with Gasteiger partial charge in [-0.3, -0.25) is 15.0 Å². The molecule has 0 saturated heterocycles. The third-order valence-electron chi connectivity index (χ3n) is 9.72. The first-order valence-corrected chi connectivity index (χ1v) is 21.2. The highest BCUT2D eigenvalue weighted by Crippen LogP contribution is 2.15. The lowest BCUT2D eigenvalue weighted by atomic mass is 10.0. The lowest BCUT2D eigenvalue weighted by Crippen LogP contribution is -2.47. The summed E-state index contributed by atoms with van der Waals surface area (Å²) in [5.41, 5.74) is 5.37. The van der Waals surface area contributed by atoms with Crippen molar-refractivity contribution in [1.82, 2.24) is 16.0 Å². The zero-order chi connectivity index (χ0) is 35.2. The van der Waals surface area contributed by atoms with Crippen LogP contribution in [0, 0.1) is 5.41 Å². The number of rotatable bonds is 38. The van der Waals surface area contributed by atoms with Crippen LogP contribution in [0.5, 0.6) is 0 Å². The maximum absolute atomic E-state index is 13.0. The summed E-state index contributed by atoms with van der Waals surface area (Å²) in [5, 5.41) is 16.2. The van der Waals surface area contributed by atoms with Crippen molar-refractivity contribution in [2.75, 3.05) is 13.1 Å². The number of nitrogens with two attached hydrogens (primary N) is 1. The van der Waals surface area contributed by atoms with Gasteiger partial charge in [0, 0.05) is 19.5 Å². The Morgan fingerprint density at radius 2 is 0.812 bits per heavy atom. The van der Waals surface area contributed by atoms with Gasteiger partial charge in [0.1, 0.15) is 6.04 Å². The van der Waals surface area contributed by atoms with E-state index in [-0.39, 0.29) is 17.8 Å². The molecule has 0 fully saturated rings. The molecule has 7 heteroatoms. The molecule has 48 heavy (non-hydrogen) atoms. The van der Waals surface area contributed by atoms with Gasteiger partial charge >= 0.3 is 0 Å². The summed E-state index contributed by atoms with van der Waals surface area (Å²) in [5.74, 6) is -0.108. The SMILES string of the molecule is CCCCCCCCCCCCCCCCCCCCCC(=O)N[C@@H](CCCCNC(=N)N)C(=O)NCCCCCCCCCCCC. The maximum Gasteiger partial charge on any atom is 0.242 e. The van der Waals surface area contributed by atoms with Crippen LogP contribution in [-0.4, -0.2) is 36.9 Å². The second-order valence-electron chi connectivity index (χ2n) is 14.5. The van der Waals surface area contributed by atoms with Crippen LogP contribution in [0.25, 0.3) is 0 Å². The molecule has 0 saturated carbocycles. The van der Waals surface area contributed by atoms with Crippen molar-refractivity contribution < 1.29 is 9.59 Å². The van der Waals surface area contributed by atoms with Gasteiger partial charge < -0.3 is 21.7 Å². The molecular formula is C41H83N5O2. The van der Waals surface area contributed by atoms with Crippen LogP contribution in [0.2, 0.25) is 0 Å². The standard InChI is InChI=1S/C41H83N5O2/c1-3-5-7-9-11-13-15-16-17-18-19-20-21-22-23-24-26-28-30-35-39(47)46-38(34-31-33-37-45-41(42)43)40(48)44-36-32-29-27-25-14-12-10-8-6-4-2/h38H,3-37H2,1-2H3,(H,44,48)(H,46,47)(H4,42,43,45)/t38-/m0/s1. The lowest BCUT2D eigenvalue weighted by Gasteiger charge is -2.19. The number of amides is 2. The van der Waals surface area contributed by atoms with Crippen molar-refractivity contribution in [3.63, 3.8) is 0 Å². The summed E-state index contributed by atoms with van der Waals surface area (Å²) >= 11 is 0. The van der Waals surface area contributed by atoms with Crippen molar-refractivity contribution >= 4 is 17.8 Å². The van der Waals surface area contributed by atoms with Gasteiger partial charge in [-0.25, -0.2) is 0 Å². The molecule has 0 aliphatic heterocycles. The van der Waals surface area contributed by atoms with E-state index in [9.17, 15) is 9.59 Å². The van der Waals surface area contributed by atoms with Gasteiger partial charge in [-0.05, 0) is 32.1 Å². The van der Waals surface area contributed by atoms with Crippen LogP contribution in [-0.2, 0) is 9.59 Å². The van der Waals surface area contributed by atoms with Gasteiger partial charge in [0.2, 0.25) is 11.8 Å². The van der Waals surface area contributed by atoms with E-state index in [1.165, 1.54) is 161 Å². The second-order valence-corrected chi connectivity index (χ2v) is 14.5. The van der Waals surface area contributed by atoms with Gasteiger partial charge in [-0.1, -0.05) is 187 Å². The molecule has 7 nitrogen and oxygen atoms in total. The lowest BCUT2D eigenvalue weighted by molar-refractivity contribution is -0.129. The molecule has 284 valence electrons. The van der Waals surface area contributed by atoms with E-state index in [1.54, 1.807) is 0 Å². The molecular weight excluding hydrogens is 594 g/mol. The summed E-state index contributed by atoms with van der Waals surface area (Å²) < 4.78 is 0. The number of unbranched alkanes of at least 4 members (excludes halogenated alkanes) is 28. The Morgan fingerprint density at radius 3 is 1.21 bits per heavy atom. The van der Waals surface area contributed by atoms with Gasteiger partial charge in [-0.2, -0.15) is 0 Å². The van der Waals surface area contributed by atoms with E-state index in [2.05, 4.69) is 29.8 Å². The smallest absolute Gasteiger partial charge is 0.242 e. The zero-order valence-corrected chi connectivity index (χ0v) is 32.2. The minimum absolute atomic E-state index is 0.0112. The molecule has 0 rings (SSSR count). The molecule has 0 aliphatic rings. The van der Waals surface area contributed by atoms with Crippen molar-refractivity contribution in [2.45, 2.75) is 232 Å². The average molecular weight is 678 g/mol. The molecule has 0 unspecified atom stereocenters. The first-order chi connectivity index (χ1) is 23.5. The van der Waals surface area contributed by atoms with Crippen molar-refractivity contribution in [2.24, 2.45) is 5.73 Å². The van der Waals surface area contributed by atoms with Gasteiger partial charge in [-0.15, -0.1) is 0 Å². The predicted octanol–water partition coefficient (Wildman–Crippen LogP) is 11.0. The quantitative estimate of drug-likeness (QED) is 0.0254. The monoisotopic (exact) mass is 678 g/mol. The molecule has 0 aliphatic carbocycles. The van der Waals surface area contributed by atoms with Gasteiger partial charge in [0.05, 0.1) is 0 Å². The van der Waals surface area contributed by atoms with Crippen LogP contribution in [0.3, 0.4) is 0 Å². The molecule has 0 aromatic heterocycles. The normalized spacial score (nSPS) is 11.8. The van der Waals surface area contributed by atoms with Crippen molar-refractivity contribution in [3.8, 4) is 0 Å². The summed E-state index contributed by atoms with van der Waals surface area (Å²) in [6, 6.07) is -0.488. The molecule has 1 atom stereocenters. The van der Waals surface area contributed by atoms with Crippen molar-refractivity contribution in [1.29, 1.82) is 5.41 Å². The van der Waals surface area contributed by atoms with Crippen LogP contribution in [0.15, 0.2) is 0 Å². The molecule has 0 aromatic rings. The third-order valence-corrected chi connectivity index (χ3v) is 9.72. The van der Waals surface area contributed by atoms with E-state index in [4.69, 9.17) is 11.1 Å². The summed E-state index contributed by atoms with van der Waals surface area (Å²) in [7, 11) is 0. The Hall–Kier alpha value is -1.79. The van der Waals surface area contributed by atoms with E-state index in [1.807, 2.05) is 0 Å². The Labute approximate surface area is 298 Å². The first kappa shape index (κ1) is 46.2. The average Bonchev–Trinajstić information content (AvgIpc) is 3.07. The van der Waals surface area contributed by atoms with Crippen LogP contribution >= 0.6 is 0 Å².